The number of rotatable bonds is 11. The first-order valence-corrected chi connectivity index (χ1v) is 24.2. The van der Waals surface area contributed by atoms with Crippen molar-refractivity contribution in [1.29, 1.82) is 0 Å². The van der Waals surface area contributed by atoms with Crippen molar-refractivity contribution in [1.82, 2.24) is 19.0 Å². The second-order valence-electron chi connectivity index (χ2n) is 16.2. The Morgan fingerprint density at radius 3 is 2.00 bits per heavy atom. The molecule has 0 radical (unpaired) electrons. The predicted molar refractivity (Wildman–Crippen MR) is 228 cm³/mol. The smallest absolute Gasteiger partial charge is 0.326 e. The minimum Gasteiger partial charge on any atom is -0.490 e. The average Bonchev–Trinajstić information content (AvgIpc) is 3.62. The van der Waals surface area contributed by atoms with Gasteiger partial charge in [-0.1, -0.05) is 59.1 Å². The fourth-order valence-electron chi connectivity index (χ4n) is 8.59. The van der Waals surface area contributed by atoms with Crippen molar-refractivity contribution in [2.45, 2.75) is 81.2 Å². The van der Waals surface area contributed by atoms with Crippen LogP contribution in [0.2, 0.25) is 15.1 Å². The molecule has 2 amide bonds. The Morgan fingerprint density at radius 2 is 1.45 bits per heavy atom. The van der Waals surface area contributed by atoms with E-state index in [1.54, 1.807) is 34.1 Å². The highest BCUT2D eigenvalue weighted by Crippen LogP contribution is 2.54. The predicted octanol–water partition coefficient (Wildman–Crippen LogP) is 7.05. The van der Waals surface area contributed by atoms with Crippen molar-refractivity contribution < 1.29 is 31.1 Å². The molecule has 0 saturated carbocycles. The lowest BCUT2D eigenvalue weighted by Crippen LogP contribution is -2.60. The largest absolute Gasteiger partial charge is 0.490 e. The van der Waals surface area contributed by atoms with Crippen molar-refractivity contribution in [3.63, 3.8) is 0 Å². The van der Waals surface area contributed by atoms with E-state index in [0.29, 0.717) is 54.8 Å². The molecule has 4 aliphatic heterocycles. The number of urea groups is 1. The second kappa shape index (κ2) is 16.5. The van der Waals surface area contributed by atoms with Gasteiger partial charge in [-0.3, -0.25) is 14.8 Å². The maximum absolute atomic E-state index is 15.5. The molecule has 3 aromatic carbocycles. The van der Waals surface area contributed by atoms with E-state index in [1.807, 2.05) is 52.0 Å². The number of carbonyl (C=O) groups is 1. The minimum absolute atomic E-state index is 0.0115. The molecule has 17 heteroatoms. The number of aliphatic imine (C=N–C) groups is 1. The number of morpholine rings is 1. The number of sulfonamides is 1. The van der Waals surface area contributed by atoms with Crippen LogP contribution in [0.5, 0.6) is 5.75 Å². The molecule has 4 aliphatic rings. The number of benzene rings is 3. The average molecular weight is 895 g/mol. The van der Waals surface area contributed by atoms with Gasteiger partial charge in [-0.15, -0.1) is 0 Å². The molecule has 0 unspecified atom stereocenters. The summed E-state index contributed by atoms with van der Waals surface area (Å²) < 4.78 is 66.5. The third kappa shape index (κ3) is 8.37. The third-order valence-electron chi connectivity index (χ3n) is 11.8. The van der Waals surface area contributed by atoms with E-state index in [4.69, 9.17) is 49.3 Å². The van der Waals surface area contributed by atoms with Crippen molar-refractivity contribution in [2.75, 3.05) is 57.8 Å². The number of ether oxygens (including phenoxy) is 2. The molecule has 4 heterocycles. The summed E-state index contributed by atoms with van der Waals surface area (Å²) >= 11 is 19.8. The Kier molecular flexibility index (Phi) is 12.3. The molecule has 58 heavy (non-hydrogen) atoms. The van der Waals surface area contributed by atoms with E-state index < -0.39 is 30.9 Å². The maximum Gasteiger partial charge on any atom is 0.326 e. The summed E-state index contributed by atoms with van der Waals surface area (Å²) in [6, 6.07) is 17.3. The van der Waals surface area contributed by atoms with Crippen LogP contribution in [0.4, 0.5) is 4.79 Å². The molecule has 3 aromatic rings. The van der Waals surface area contributed by atoms with Crippen LogP contribution >= 0.6 is 34.8 Å². The number of nitrogens with zero attached hydrogens (tertiary/aromatic N) is 5. The molecule has 2 bridgehead atoms. The van der Waals surface area contributed by atoms with Crippen LogP contribution in [-0.4, -0.2) is 124 Å². The molecule has 12 nitrogen and oxygen atoms in total. The van der Waals surface area contributed by atoms with E-state index in [-0.39, 0.29) is 64.7 Å². The van der Waals surface area contributed by atoms with Gasteiger partial charge < -0.3 is 14.4 Å². The highest BCUT2D eigenvalue weighted by Gasteiger charge is 2.60. The summed E-state index contributed by atoms with van der Waals surface area (Å²) in [5.41, 5.74) is -0.631. The molecule has 0 spiro atoms. The Labute approximate surface area is 357 Å². The number of sulfone groups is 1. The minimum atomic E-state index is -4.14. The monoisotopic (exact) mass is 893 g/mol. The molecule has 0 aromatic heterocycles. The number of fused-ring (bicyclic) bond motifs is 2. The Hall–Kier alpha value is -2.95. The lowest BCUT2D eigenvalue weighted by molar-refractivity contribution is -0.0114. The van der Waals surface area contributed by atoms with Gasteiger partial charge in [-0.25, -0.2) is 21.6 Å². The Balaban J connectivity index is 1.39. The molecular formula is C41H50Cl3N5O7S2. The molecule has 3 saturated heterocycles. The zero-order valence-corrected chi connectivity index (χ0v) is 37.2. The van der Waals surface area contributed by atoms with Crippen LogP contribution in [0.25, 0.3) is 0 Å². The Bertz CT molecular complexity index is 2280. The van der Waals surface area contributed by atoms with Gasteiger partial charge in [0.2, 0.25) is 10.0 Å². The van der Waals surface area contributed by atoms with Crippen LogP contribution in [0.3, 0.4) is 0 Å². The molecular weight excluding hydrogens is 845 g/mol. The summed E-state index contributed by atoms with van der Waals surface area (Å²) in [6.07, 6.45) is 2.57. The van der Waals surface area contributed by atoms with E-state index >= 15 is 4.79 Å². The number of amides is 2. The maximum atomic E-state index is 15.5. The highest BCUT2D eigenvalue weighted by atomic mass is 35.5. The van der Waals surface area contributed by atoms with Crippen molar-refractivity contribution >= 4 is 66.5 Å². The van der Waals surface area contributed by atoms with Gasteiger partial charge in [0, 0.05) is 61.6 Å². The fourth-order valence-corrected chi connectivity index (χ4v) is 11.5. The second-order valence-corrected chi connectivity index (χ2v) is 21.7. The van der Waals surface area contributed by atoms with Crippen molar-refractivity contribution in [2.24, 2.45) is 4.99 Å². The number of piperazine rings is 1. The lowest BCUT2D eigenvalue weighted by Gasteiger charge is -2.47. The number of hydrogen-bond donors (Lipinski definition) is 0. The third-order valence-corrected chi connectivity index (χ3v) is 15.7. The van der Waals surface area contributed by atoms with Crippen molar-refractivity contribution in [3.05, 3.63) is 92.4 Å². The fraction of sp³-hybridized carbons (Fsp3) is 0.512. The summed E-state index contributed by atoms with van der Waals surface area (Å²) in [5.74, 6) is 0.572. The normalized spacial score (nSPS) is 25.7. The van der Waals surface area contributed by atoms with Gasteiger partial charge in [0.15, 0.2) is 0 Å². The summed E-state index contributed by atoms with van der Waals surface area (Å²) in [7, 11) is -7.24. The standard InChI is InChI=1S/C41H50Cl3N5O7S2/c1-27(2)55-36-24-35(44)37(58(53,54)48-25-32-15-16-33(26-48)56-32)23-34(36)38-45-40(3,28-7-11-30(42)12-8-28)41(4,29-9-13-31(43)14-10-29)49(38)39(50)47-20-18-46(19-21-47)17-6-22-57(5,51)52/h7-14,23-24,27,32-33H,6,15-22,25-26H2,1-5H3/t32-,33+,40-,41+/m0/s1. The Morgan fingerprint density at radius 1 is 0.879 bits per heavy atom. The topological polar surface area (TPSA) is 129 Å². The first-order chi connectivity index (χ1) is 27.3. The van der Waals surface area contributed by atoms with Gasteiger partial charge in [-0.2, -0.15) is 4.31 Å². The van der Waals surface area contributed by atoms with Gasteiger partial charge >= 0.3 is 6.03 Å². The van der Waals surface area contributed by atoms with Crippen LogP contribution < -0.4 is 4.74 Å². The highest BCUT2D eigenvalue weighted by molar-refractivity contribution is 7.90. The van der Waals surface area contributed by atoms with Crippen LogP contribution in [0.1, 0.15) is 63.6 Å². The summed E-state index contributed by atoms with van der Waals surface area (Å²) in [6.45, 7) is 10.4. The SMILES string of the molecule is CC(C)Oc1cc(Cl)c(S(=O)(=O)N2C[C@H]3CC[C@@H](C2)O3)cc1C1=N[C@@](C)(c2ccc(Cl)cc2)[C@@](C)(c2ccc(Cl)cc2)N1C(=O)N1CCN(CCCS(C)(=O)=O)CC1. The van der Waals surface area contributed by atoms with E-state index in [1.165, 1.54) is 22.7 Å². The quantitative estimate of drug-likeness (QED) is 0.201. The van der Waals surface area contributed by atoms with Gasteiger partial charge in [0.1, 0.15) is 37.4 Å². The number of halogens is 3. The van der Waals surface area contributed by atoms with Crippen LogP contribution in [0, 0.1) is 0 Å². The van der Waals surface area contributed by atoms with Crippen LogP contribution in [0.15, 0.2) is 70.6 Å². The summed E-state index contributed by atoms with van der Waals surface area (Å²) in [4.78, 5) is 26.5. The van der Waals surface area contributed by atoms with Gasteiger partial charge in [0.05, 0.1) is 34.7 Å². The molecule has 3 fully saturated rings. The molecule has 314 valence electrons. The number of carbonyl (C=O) groups excluding carboxylic acids is 1. The van der Waals surface area contributed by atoms with Crippen LogP contribution in [-0.2, 0) is 35.7 Å². The first-order valence-electron chi connectivity index (χ1n) is 19.6. The molecule has 7 rings (SSSR count). The number of amidine groups is 1. The van der Waals surface area contributed by atoms with Gasteiger partial charge in [-0.05, 0) is 95.0 Å². The van der Waals surface area contributed by atoms with E-state index in [2.05, 4.69) is 4.90 Å². The lowest BCUT2D eigenvalue weighted by atomic mass is 9.71. The van der Waals surface area contributed by atoms with Crippen molar-refractivity contribution in [3.8, 4) is 5.75 Å². The zero-order chi connectivity index (χ0) is 41.8. The summed E-state index contributed by atoms with van der Waals surface area (Å²) in [5, 5.41) is 1.03. The first kappa shape index (κ1) is 43.1. The molecule has 0 aliphatic carbocycles. The molecule has 0 N–H and O–H groups in total. The van der Waals surface area contributed by atoms with Gasteiger partial charge in [0.25, 0.3) is 0 Å². The zero-order valence-electron chi connectivity index (χ0n) is 33.3. The van der Waals surface area contributed by atoms with E-state index in [0.717, 1.165) is 24.0 Å². The van der Waals surface area contributed by atoms with E-state index in [9.17, 15) is 16.8 Å². The molecule has 4 atom stereocenters. The number of hydrogen-bond acceptors (Lipinski definition) is 9.